The predicted molar refractivity (Wildman–Crippen MR) is 121 cm³/mol. The second-order valence-electron chi connectivity index (χ2n) is 11.1. The lowest BCUT2D eigenvalue weighted by molar-refractivity contribution is -0.171. The Morgan fingerprint density at radius 3 is 2.34 bits per heavy atom. The SMILES string of the molecule is CC(C)C1=C(OC(=O)c2ccccc2)C(=O)C2C(C1=O)[C@H](O)CC1C(C)(C)CCC[C@]21C. The highest BCUT2D eigenvalue weighted by atomic mass is 16.5. The number of ketones is 2. The number of carbonyl (C=O) groups excluding carboxylic acids is 3. The average Bonchev–Trinajstić information content (AvgIpc) is 2.72. The van der Waals surface area contributed by atoms with E-state index in [0.29, 0.717) is 12.0 Å². The van der Waals surface area contributed by atoms with Crippen LogP contribution >= 0.6 is 0 Å². The first-order valence-electron chi connectivity index (χ1n) is 11.8. The third-order valence-corrected chi connectivity index (χ3v) is 8.34. The third-order valence-electron chi connectivity index (χ3n) is 8.34. The van der Waals surface area contributed by atoms with E-state index in [9.17, 15) is 19.5 Å². The molecule has 0 bridgehead atoms. The number of aliphatic hydroxyl groups excluding tert-OH is 1. The minimum absolute atomic E-state index is 0.0365. The van der Waals surface area contributed by atoms with Crippen LogP contribution in [0.2, 0.25) is 0 Å². The van der Waals surface area contributed by atoms with Gasteiger partial charge in [0.1, 0.15) is 0 Å². The highest BCUT2D eigenvalue weighted by Crippen LogP contribution is 2.63. The van der Waals surface area contributed by atoms with E-state index < -0.39 is 29.3 Å². The minimum atomic E-state index is -0.868. The monoisotopic (exact) mass is 438 g/mol. The largest absolute Gasteiger partial charge is 0.419 e. The first-order valence-corrected chi connectivity index (χ1v) is 11.8. The van der Waals surface area contributed by atoms with Crippen molar-refractivity contribution in [1.29, 1.82) is 0 Å². The highest BCUT2D eigenvalue weighted by Gasteiger charge is 2.63. The molecule has 0 heterocycles. The third kappa shape index (κ3) is 3.45. The first kappa shape index (κ1) is 22.9. The summed E-state index contributed by atoms with van der Waals surface area (Å²) in [6.07, 6.45) is 2.48. The summed E-state index contributed by atoms with van der Waals surface area (Å²) in [6.45, 7) is 10.1. The molecule has 0 aliphatic heterocycles. The van der Waals surface area contributed by atoms with Crippen LogP contribution in [-0.2, 0) is 14.3 Å². The van der Waals surface area contributed by atoms with Gasteiger partial charge in [-0.25, -0.2) is 4.79 Å². The van der Waals surface area contributed by atoms with E-state index in [1.165, 1.54) is 0 Å². The molecule has 0 spiro atoms. The molecule has 3 aliphatic carbocycles. The lowest BCUT2D eigenvalue weighted by Crippen LogP contribution is -2.61. The molecule has 1 N–H and O–H groups in total. The van der Waals surface area contributed by atoms with E-state index >= 15 is 0 Å². The Bertz CT molecular complexity index is 973. The van der Waals surface area contributed by atoms with Gasteiger partial charge in [-0.15, -0.1) is 0 Å². The summed E-state index contributed by atoms with van der Waals surface area (Å²) in [4.78, 5) is 40.6. The van der Waals surface area contributed by atoms with Crippen molar-refractivity contribution in [2.24, 2.45) is 34.5 Å². The maximum Gasteiger partial charge on any atom is 0.343 e. The zero-order chi connectivity index (χ0) is 23.4. The molecule has 0 aromatic heterocycles. The Hall–Kier alpha value is -2.27. The van der Waals surface area contributed by atoms with Gasteiger partial charge in [-0.3, -0.25) is 9.59 Å². The number of benzene rings is 1. The van der Waals surface area contributed by atoms with Crippen LogP contribution < -0.4 is 0 Å². The number of fused-ring (bicyclic) bond motifs is 3. The van der Waals surface area contributed by atoms with Crippen LogP contribution in [0.3, 0.4) is 0 Å². The van der Waals surface area contributed by atoms with Crippen LogP contribution in [0.25, 0.3) is 0 Å². The van der Waals surface area contributed by atoms with Crippen molar-refractivity contribution in [2.45, 2.75) is 66.4 Å². The van der Waals surface area contributed by atoms with Crippen molar-refractivity contribution in [3.05, 3.63) is 47.2 Å². The summed E-state index contributed by atoms with van der Waals surface area (Å²) >= 11 is 0. The van der Waals surface area contributed by atoms with Gasteiger partial charge in [0, 0.05) is 11.5 Å². The van der Waals surface area contributed by atoms with Gasteiger partial charge in [0.05, 0.1) is 17.6 Å². The number of rotatable bonds is 3. The minimum Gasteiger partial charge on any atom is -0.419 e. The van der Waals surface area contributed by atoms with E-state index in [2.05, 4.69) is 20.8 Å². The molecule has 2 fully saturated rings. The summed E-state index contributed by atoms with van der Waals surface area (Å²) < 4.78 is 5.68. The molecule has 1 aromatic rings. The quantitative estimate of drug-likeness (QED) is 0.690. The van der Waals surface area contributed by atoms with Gasteiger partial charge in [0.2, 0.25) is 5.78 Å². The molecule has 0 saturated heterocycles. The van der Waals surface area contributed by atoms with E-state index in [1.54, 1.807) is 30.3 Å². The number of carbonyl (C=O) groups is 3. The molecular weight excluding hydrogens is 404 g/mol. The molecule has 0 radical (unpaired) electrons. The number of allylic oxidation sites excluding steroid dienone is 2. The van der Waals surface area contributed by atoms with Crippen molar-refractivity contribution in [1.82, 2.24) is 0 Å². The molecule has 172 valence electrons. The number of aliphatic hydroxyl groups is 1. The van der Waals surface area contributed by atoms with Crippen molar-refractivity contribution in [3.8, 4) is 0 Å². The lowest BCUT2D eigenvalue weighted by Gasteiger charge is -2.60. The van der Waals surface area contributed by atoms with Crippen LogP contribution in [0.1, 0.15) is 70.7 Å². The van der Waals surface area contributed by atoms with Crippen LogP contribution in [0, 0.1) is 34.5 Å². The van der Waals surface area contributed by atoms with Gasteiger partial charge >= 0.3 is 5.97 Å². The van der Waals surface area contributed by atoms with Crippen LogP contribution in [-0.4, -0.2) is 28.7 Å². The van der Waals surface area contributed by atoms with E-state index in [4.69, 9.17) is 4.74 Å². The number of hydrogen-bond donors (Lipinski definition) is 1. The van der Waals surface area contributed by atoms with E-state index in [-0.39, 0.29) is 40.1 Å². The van der Waals surface area contributed by atoms with E-state index in [0.717, 1.165) is 19.3 Å². The molecule has 4 rings (SSSR count). The highest BCUT2D eigenvalue weighted by molar-refractivity contribution is 6.15. The summed E-state index contributed by atoms with van der Waals surface area (Å²) in [7, 11) is 0. The summed E-state index contributed by atoms with van der Waals surface area (Å²) in [5.74, 6) is -2.92. The van der Waals surface area contributed by atoms with E-state index in [1.807, 2.05) is 13.8 Å². The number of Topliss-reactive ketones (excluding diaryl/α,β-unsaturated/α-hetero) is 2. The Morgan fingerprint density at radius 2 is 1.72 bits per heavy atom. The maximum atomic E-state index is 14.0. The zero-order valence-corrected chi connectivity index (χ0v) is 19.7. The maximum absolute atomic E-state index is 14.0. The molecular formula is C27H34O5. The lowest BCUT2D eigenvalue weighted by atomic mass is 9.43. The number of esters is 1. The fraction of sp³-hybridized carbons (Fsp3) is 0.593. The summed E-state index contributed by atoms with van der Waals surface area (Å²) in [5.41, 5.74) is 0.102. The van der Waals surface area contributed by atoms with Crippen LogP contribution in [0.5, 0.6) is 0 Å². The average molecular weight is 439 g/mol. The van der Waals surface area contributed by atoms with Crippen molar-refractivity contribution >= 4 is 17.5 Å². The fourth-order valence-corrected chi connectivity index (χ4v) is 6.88. The van der Waals surface area contributed by atoms with Gasteiger partial charge in [-0.05, 0) is 54.1 Å². The Labute approximate surface area is 190 Å². The topological polar surface area (TPSA) is 80.7 Å². The van der Waals surface area contributed by atoms with Crippen molar-refractivity contribution in [3.63, 3.8) is 0 Å². The zero-order valence-electron chi connectivity index (χ0n) is 19.7. The molecule has 5 heteroatoms. The molecule has 1 aromatic carbocycles. The molecule has 5 atom stereocenters. The first-order chi connectivity index (χ1) is 15.0. The standard InChI is InChI=1S/C27H34O5/c1-15(2)19-22(29)20-17(28)14-18-26(3,4)12-9-13-27(18,5)21(20)23(30)24(19)32-25(31)16-10-7-6-8-11-16/h6-8,10-11,15,17-18,20-21,28H,9,12-14H2,1-5H3/t17-,18?,20?,21?,27+/m1/s1. The van der Waals surface area contributed by atoms with Crippen molar-refractivity contribution < 1.29 is 24.2 Å². The van der Waals surface area contributed by atoms with Gasteiger partial charge in [0.15, 0.2) is 11.5 Å². The van der Waals surface area contributed by atoms with Gasteiger partial charge in [-0.1, -0.05) is 59.2 Å². The Morgan fingerprint density at radius 1 is 1.06 bits per heavy atom. The Kier molecular flexibility index (Phi) is 5.69. The van der Waals surface area contributed by atoms with Crippen molar-refractivity contribution in [2.75, 3.05) is 0 Å². The normalized spacial score (nSPS) is 34.2. The molecule has 3 unspecified atom stereocenters. The predicted octanol–water partition coefficient (Wildman–Crippen LogP) is 4.73. The Balaban J connectivity index is 1.81. The summed E-state index contributed by atoms with van der Waals surface area (Å²) in [6, 6.07) is 8.50. The molecule has 5 nitrogen and oxygen atoms in total. The molecule has 0 amide bonds. The number of hydrogen-bond acceptors (Lipinski definition) is 5. The van der Waals surface area contributed by atoms with Gasteiger partial charge in [-0.2, -0.15) is 0 Å². The molecule has 3 aliphatic rings. The second-order valence-corrected chi connectivity index (χ2v) is 11.1. The van der Waals surface area contributed by atoms with Crippen LogP contribution in [0.4, 0.5) is 0 Å². The smallest absolute Gasteiger partial charge is 0.343 e. The molecule has 32 heavy (non-hydrogen) atoms. The van der Waals surface area contributed by atoms with Gasteiger partial charge < -0.3 is 9.84 Å². The molecule has 2 saturated carbocycles. The van der Waals surface area contributed by atoms with Crippen LogP contribution in [0.15, 0.2) is 41.7 Å². The number of ether oxygens (including phenoxy) is 1. The fourth-order valence-electron chi connectivity index (χ4n) is 6.88. The summed E-state index contributed by atoms with van der Waals surface area (Å²) in [5, 5.41) is 11.1. The van der Waals surface area contributed by atoms with Gasteiger partial charge in [0.25, 0.3) is 0 Å². The second kappa shape index (κ2) is 7.95.